The highest BCUT2D eigenvalue weighted by molar-refractivity contribution is 7.80. The molecule has 30 heavy (non-hydrogen) atoms. The number of rotatable bonds is 6. The van der Waals surface area contributed by atoms with E-state index in [0.29, 0.717) is 17.7 Å². The van der Waals surface area contributed by atoms with Crippen molar-refractivity contribution in [1.82, 2.24) is 16.2 Å². The van der Waals surface area contributed by atoms with Crippen molar-refractivity contribution in [1.29, 1.82) is 0 Å². The van der Waals surface area contributed by atoms with Gasteiger partial charge < -0.3 is 5.32 Å². The molecule has 0 saturated heterocycles. The van der Waals surface area contributed by atoms with Crippen molar-refractivity contribution in [2.75, 3.05) is 5.32 Å². The molecule has 0 heterocycles. The minimum atomic E-state index is -0.438. The lowest BCUT2D eigenvalue weighted by atomic mass is 10.1. The molecule has 0 aromatic heterocycles. The molecule has 4 N–H and O–H groups in total. The maximum atomic E-state index is 12.2. The van der Waals surface area contributed by atoms with Crippen LogP contribution >= 0.6 is 12.2 Å². The first-order valence-corrected chi connectivity index (χ1v) is 9.78. The highest BCUT2D eigenvalue weighted by Crippen LogP contribution is 2.11. The minimum Gasteiger partial charge on any atom is -0.326 e. The average molecular weight is 425 g/mol. The summed E-state index contributed by atoms with van der Waals surface area (Å²) in [5, 5.41) is 5.17. The van der Waals surface area contributed by atoms with Crippen molar-refractivity contribution >= 4 is 46.8 Å². The highest BCUT2D eigenvalue weighted by Gasteiger charge is 2.09. The first kappa shape index (κ1) is 22.8. The zero-order chi connectivity index (χ0) is 21.9. The standard InChI is InChI=1S/C22H24N4O3S/c1-15(2)14-20(28)23-18-11-9-17(10-12-18)21(29)25-26-22(30)24-19(27)13-8-16-6-4-3-5-7-16/h3-13,15H,14H2,1-2H3,(H,23,28)(H,25,29)(H2,24,26,27,30). The number of amides is 3. The predicted molar refractivity (Wildman–Crippen MR) is 121 cm³/mol. The fourth-order valence-corrected chi connectivity index (χ4v) is 2.55. The molecule has 0 aliphatic heterocycles. The van der Waals surface area contributed by atoms with E-state index in [0.717, 1.165) is 5.56 Å². The number of thiocarbonyl (C=S) groups is 1. The molecule has 0 spiro atoms. The summed E-state index contributed by atoms with van der Waals surface area (Å²) in [7, 11) is 0. The number of hydrogen-bond acceptors (Lipinski definition) is 4. The third-order valence-corrected chi connectivity index (χ3v) is 3.98. The van der Waals surface area contributed by atoms with Gasteiger partial charge in [0.2, 0.25) is 11.8 Å². The number of carbonyl (C=O) groups is 3. The quantitative estimate of drug-likeness (QED) is 0.325. The summed E-state index contributed by atoms with van der Waals surface area (Å²) < 4.78 is 0. The van der Waals surface area contributed by atoms with Gasteiger partial charge in [-0.05, 0) is 54.0 Å². The monoisotopic (exact) mass is 424 g/mol. The molecule has 3 amide bonds. The van der Waals surface area contributed by atoms with Crippen LogP contribution in [-0.2, 0) is 9.59 Å². The molecular formula is C22H24N4O3S. The van der Waals surface area contributed by atoms with Crippen LogP contribution < -0.4 is 21.5 Å². The number of nitrogens with one attached hydrogen (secondary N) is 4. The fraction of sp³-hybridized carbons (Fsp3) is 0.182. The molecule has 0 fully saturated rings. The lowest BCUT2D eigenvalue weighted by Gasteiger charge is -2.10. The van der Waals surface area contributed by atoms with Crippen molar-refractivity contribution in [3.05, 3.63) is 71.8 Å². The van der Waals surface area contributed by atoms with Gasteiger partial charge in [-0.3, -0.25) is 30.6 Å². The molecule has 2 aromatic rings. The van der Waals surface area contributed by atoms with Crippen LogP contribution in [-0.4, -0.2) is 22.8 Å². The molecule has 7 nitrogen and oxygen atoms in total. The molecule has 2 aromatic carbocycles. The van der Waals surface area contributed by atoms with E-state index >= 15 is 0 Å². The van der Waals surface area contributed by atoms with E-state index in [1.165, 1.54) is 6.08 Å². The lowest BCUT2D eigenvalue weighted by molar-refractivity contribution is -0.117. The summed E-state index contributed by atoms with van der Waals surface area (Å²) >= 11 is 4.99. The van der Waals surface area contributed by atoms with Gasteiger partial charge in [-0.2, -0.15) is 0 Å². The van der Waals surface area contributed by atoms with Gasteiger partial charge in [-0.15, -0.1) is 0 Å². The Hall–Kier alpha value is -3.52. The largest absolute Gasteiger partial charge is 0.326 e. The Bertz CT molecular complexity index is 925. The normalized spacial score (nSPS) is 10.5. The van der Waals surface area contributed by atoms with Crippen LogP contribution in [0.5, 0.6) is 0 Å². The molecule has 8 heteroatoms. The predicted octanol–water partition coefficient (Wildman–Crippen LogP) is 3.02. The van der Waals surface area contributed by atoms with Crippen LogP contribution in [0.1, 0.15) is 36.2 Å². The van der Waals surface area contributed by atoms with Crippen LogP contribution in [0.3, 0.4) is 0 Å². The van der Waals surface area contributed by atoms with E-state index in [-0.39, 0.29) is 16.9 Å². The van der Waals surface area contributed by atoms with Crippen LogP contribution in [0.15, 0.2) is 60.7 Å². The van der Waals surface area contributed by atoms with Crippen LogP contribution in [0.2, 0.25) is 0 Å². The van der Waals surface area contributed by atoms with E-state index < -0.39 is 11.8 Å². The Morgan fingerprint density at radius 3 is 2.27 bits per heavy atom. The second-order valence-electron chi connectivity index (χ2n) is 6.87. The second-order valence-corrected chi connectivity index (χ2v) is 7.27. The Kier molecular flexibility index (Phi) is 8.71. The third-order valence-electron chi connectivity index (χ3n) is 3.78. The number of carbonyl (C=O) groups excluding carboxylic acids is 3. The third kappa shape index (κ3) is 8.24. The van der Waals surface area contributed by atoms with E-state index in [9.17, 15) is 14.4 Å². The maximum absolute atomic E-state index is 12.2. The zero-order valence-electron chi connectivity index (χ0n) is 16.8. The molecule has 0 aliphatic rings. The first-order chi connectivity index (χ1) is 14.3. The van der Waals surface area contributed by atoms with Crippen molar-refractivity contribution in [3.8, 4) is 0 Å². The van der Waals surface area contributed by atoms with Crippen LogP contribution in [0, 0.1) is 5.92 Å². The summed E-state index contributed by atoms with van der Waals surface area (Å²) in [5.41, 5.74) is 6.73. The lowest BCUT2D eigenvalue weighted by Crippen LogP contribution is -2.48. The first-order valence-electron chi connectivity index (χ1n) is 9.38. The highest BCUT2D eigenvalue weighted by atomic mass is 32.1. The van der Waals surface area contributed by atoms with Gasteiger partial charge in [0.25, 0.3) is 5.91 Å². The molecule has 156 valence electrons. The molecular weight excluding hydrogens is 400 g/mol. The Labute approximate surface area is 180 Å². The number of benzene rings is 2. The summed E-state index contributed by atoms with van der Waals surface area (Å²) in [4.78, 5) is 35.8. The Morgan fingerprint density at radius 2 is 1.63 bits per heavy atom. The zero-order valence-corrected chi connectivity index (χ0v) is 17.6. The summed E-state index contributed by atoms with van der Waals surface area (Å²) in [6.45, 7) is 3.93. The van der Waals surface area contributed by atoms with Gasteiger partial charge >= 0.3 is 0 Å². The summed E-state index contributed by atoms with van der Waals surface area (Å²) in [6, 6.07) is 15.8. The van der Waals surface area contributed by atoms with E-state index in [1.807, 2.05) is 44.2 Å². The molecule has 0 bridgehead atoms. The van der Waals surface area contributed by atoms with Crippen molar-refractivity contribution in [3.63, 3.8) is 0 Å². The average Bonchev–Trinajstić information content (AvgIpc) is 2.71. The smallest absolute Gasteiger partial charge is 0.269 e. The van der Waals surface area contributed by atoms with Gasteiger partial charge in [-0.25, -0.2) is 0 Å². The molecule has 0 aliphatic carbocycles. The van der Waals surface area contributed by atoms with Crippen LogP contribution in [0.25, 0.3) is 6.08 Å². The minimum absolute atomic E-state index is 0.0383. The second kappa shape index (κ2) is 11.5. The number of hydrogen-bond donors (Lipinski definition) is 4. The SMILES string of the molecule is CC(C)CC(=O)Nc1ccc(C(=O)NNC(=S)NC(=O)C=Cc2ccccc2)cc1. The molecule has 2 rings (SSSR count). The Balaban J connectivity index is 1.77. The van der Waals surface area contributed by atoms with Crippen LogP contribution in [0.4, 0.5) is 5.69 Å². The number of anilines is 1. The Morgan fingerprint density at radius 1 is 0.967 bits per heavy atom. The number of hydrazine groups is 1. The maximum Gasteiger partial charge on any atom is 0.269 e. The van der Waals surface area contributed by atoms with Crippen molar-refractivity contribution < 1.29 is 14.4 Å². The van der Waals surface area contributed by atoms with E-state index in [2.05, 4.69) is 21.5 Å². The topological polar surface area (TPSA) is 99.3 Å². The molecule has 0 saturated carbocycles. The summed E-state index contributed by atoms with van der Waals surface area (Å²) in [5.74, 6) is -0.677. The van der Waals surface area contributed by atoms with E-state index in [4.69, 9.17) is 12.2 Å². The van der Waals surface area contributed by atoms with Gasteiger partial charge in [0.15, 0.2) is 5.11 Å². The summed E-state index contributed by atoms with van der Waals surface area (Å²) in [6.07, 6.45) is 3.42. The van der Waals surface area contributed by atoms with Crippen molar-refractivity contribution in [2.24, 2.45) is 5.92 Å². The van der Waals surface area contributed by atoms with Gasteiger partial charge in [-0.1, -0.05) is 44.2 Å². The van der Waals surface area contributed by atoms with Gasteiger partial charge in [0.1, 0.15) is 0 Å². The molecule has 0 atom stereocenters. The molecule has 0 radical (unpaired) electrons. The van der Waals surface area contributed by atoms with Crippen molar-refractivity contribution in [2.45, 2.75) is 20.3 Å². The van der Waals surface area contributed by atoms with Gasteiger partial charge in [0.05, 0.1) is 0 Å². The van der Waals surface area contributed by atoms with E-state index in [1.54, 1.807) is 30.3 Å². The fourth-order valence-electron chi connectivity index (χ4n) is 2.39. The van der Waals surface area contributed by atoms with Gasteiger partial charge in [0, 0.05) is 23.7 Å². The molecule has 0 unspecified atom stereocenters.